The predicted octanol–water partition coefficient (Wildman–Crippen LogP) is 1.58. The summed E-state index contributed by atoms with van der Waals surface area (Å²) in [7, 11) is 4.15. The molecule has 1 amide bonds. The Morgan fingerprint density at radius 3 is 2.81 bits per heavy atom. The van der Waals surface area contributed by atoms with Crippen LogP contribution in [0.15, 0.2) is 42.9 Å². The minimum atomic E-state index is -0.0379. The average molecular weight is 353 g/mol. The molecule has 0 aromatic carbocycles. The van der Waals surface area contributed by atoms with Gasteiger partial charge in [0.15, 0.2) is 0 Å². The minimum absolute atomic E-state index is 0.0379. The van der Waals surface area contributed by atoms with Crippen LogP contribution in [-0.2, 0) is 6.54 Å². The quantitative estimate of drug-likeness (QED) is 0.854. The molecule has 138 valence electrons. The molecule has 0 aliphatic carbocycles. The van der Waals surface area contributed by atoms with E-state index in [9.17, 15) is 4.79 Å². The maximum Gasteiger partial charge on any atom is 0.253 e. The van der Waals surface area contributed by atoms with Gasteiger partial charge in [-0.2, -0.15) is 0 Å². The highest BCUT2D eigenvalue weighted by Gasteiger charge is 2.34. The van der Waals surface area contributed by atoms with Crippen LogP contribution in [0.2, 0.25) is 0 Å². The van der Waals surface area contributed by atoms with E-state index >= 15 is 0 Å². The molecule has 0 radical (unpaired) electrons. The monoisotopic (exact) mass is 353 g/mol. The molecule has 2 aromatic heterocycles. The summed E-state index contributed by atoms with van der Waals surface area (Å²) in [6.45, 7) is 5.47. The van der Waals surface area contributed by atoms with Crippen LogP contribution in [0.5, 0.6) is 0 Å². The number of amides is 1. The maximum absolute atomic E-state index is 12.7. The SMILES string of the molecule is Cc1ccncc1C(=O)N[C@@H]1CN(Cc2ccccn2)C[C@H]1CN(C)C. The zero-order valence-corrected chi connectivity index (χ0v) is 15.7. The highest BCUT2D eigenvalue weighted by atomic mass is 16.1. The van der Waals surface area contributed by atoms with Gasteiger partial charge in [-0.05, 0) is 44.8 Å². The predicted molar refractivity (Wildman–Crippen MR) is 102 cm³/mol. The van der Waals surface area contributed by atoms with Gasteiger partial charge in [0, 0.05) is 56.7 Å². The lowest BCUT2D eigenvalue weighted by Crippen LogP contribution is -2.43. The third-order valence-electron chi connectivity index (χ3n) is 4.83. The van der Waals surface area contributed by atoms with Crippen molar-refractivity contribution in [1.82, 2.24) is 25.1 Å². The van der Waals surface area contributed by atoms with Crippen LogP contribution in [0.1, 0.15) is 21.6 Å². The second-order valence-corrected chi connectivity index (χ2v) is 7.31. The van der Waals surface area contributed by atoms with Crippen LogP contribution in [0.3, 0.4) is 0 Å². The Bertz CT molecular complexity index is 734. The Kier molecular flexibility index (Phi) is 5.96. The molecule has 0 spiro atoms. The average Bonchev–Trinajstić information content (AvgIpc) is 2.96. The van der Waals surface area contributed by atoms with Gasteiger partial charge in [0.05, 0.1) is 11.3 Å². The summed E-state index contributed by atoms with van der Waals surface area (Å²) in [5.74, 6) is 0.346. The van der Waals surface area contributed by atoms with E-state index < -0.39 is 0 Å². The molecule has 3 rings (SSSR count). The molecule has 0 unspecified atom stereocenters. The van der Waals surface area contributed by atoms with Crippen molar-refractivity contribution in [1.29, 1.82) is 0 Å². The van der Waals surface area contributed by atoms with Gasteiger partial charge in [0.2, 0.25) is 0 Å². The van der Waals surface area contributed by atoms with Crippen LogP contribution >= 0.6 is 0 Å². The minimum Gasteiger partial charge on any atom is -0.348 e. The normalized spacial score (nSPS) is 20.5. The number of carbonyl (C=O) groups is 1. The second kappa shape index (κ2) is 8.38. The molecule has 0 saturated carbocycles. The molecular weight excluding hydrogens is 326 g/mol. The first kappa shape index (κ1) is 18.5. The fraction of sp³-hybridized carbons (Fsp3) is 0.450. The van der Waals surface area contributed by atoms with E-state index in [1.165, 1.54) is 0 Å². The number of carbonyl (C=O) groups excluding carboxylic acids is 1. The smallest absolute Gasteiger partial charge is 0.253 e. The van der Waals surface area contributed by atoms with E-state index in [0.717, 1.165) is 37.4 Å². The Morgan fingerprint density at radius 2 is 2.12 bits per heavy atom. The van der Waals surface area contributed by atoms with Gasteiger partial charge in [-0.3, -0.25) is 19.7 Å². The number of aromatic nitrogens is 2. The Balaban J connectivity index is 1.69. The highest BCUT2D eigenvalue weighted by molar-refractivity contribution is 5.95. The lowest BCUT2D eigenvalue weighted by molar-refractivity contribution is 0.0925. The Labute approximate surface area is 155 Å². The summed E-state index contributed by atoms with van der Waals surface area (Å²) >= 11 is 0. The first-order chi connectivity index (χ1) is 12.5. The van der Waals surface area contributed by atoms with Crippen molar-refractivity contribution >= 4 is 5.91 Å². The zero-order chi connectivity index (χ0) is 18.5. The molecule has 1 fully saturated rings. The largest absolute Gasteiger partial charge is 0.348 e. The van der Waals surface area contributed by atoms with Gasteiger partial charge in [0.1, 0.15) is 0 Å². The number of rotatable bonds is 6. The molecule has 1 N–H and O–H groups in total. The van der Waals surface area contributed by atoms with Gasteiger partial charge >= 0.3 is 0 Å². The van der Waals surface area contributed by atoms with Crippen LogP contribution < -0.4 is 5.32 Å². The third kappa shape index (κ3) is 4.65. The number of hydrogen-bond acceptors (Lipinski definition) is 5. The van der Waals surface area contributed by atoms with E-state index in [0.29, 0.717) is 11.5 Å². The summed E-state index contributed by atoms with van der Waals surface area (Å²) in [6, 6.07) is 7.98. The Hall–Kier alpha value is -2.31. The Morgan fingerprint density at radius 1 is 1.27 bits per heavy atom. The first-order valence-corrected chi connectivity index (χ1v) is 9.01. The zero-order valence-electron chi connectivity index (χ0n) is 15.7. The van der Waals surface area contributed by atoms with Crippen LogP contribution in [0.4, 0.5) is 0 Å². The summed E-state index contributed by atoms with van der Waals surface area (Å²) < 4.78 is 0. The van der Waals surface area contributed by atoms with Gasteiger partial charge in [-0.15, -0.1) is 0 Å². The maximum atomic E-state index is 12.7. The molecule has 6 nitrogen and oxygen atoms in total. The van der Waals surface area contributed by atoms with Gasteiger partial charge in [-0.25, -0.2) is 0 Å². The van der Waals surface area contributed by atoms with E-state index in [4.69, 9.17) is 0 Å². The number of hydrogen-bond donors (Lipinski definition) is 1. The fourth-order valence-electron chi connectivity index (χ4n) is 3.58. The fourth-order valence-corrected chi connectivity index (χ4v) is 3.58. The second-order valence-electron chi connectivity index (χ2n) is 7.31. The first-order valence-electron chi connectivity index (χ1n) is 9.01. The van der Waals surface area contributed by atoms with E-state index in [2.05, 4.69) is 39.2 Å². The molecule has 1 aliphatic heterocycles. The number of nitrogens with one attached hydrogen (secondary N) is 1. The van der Waals surface area contributed by atoms with Crippen LogP contribution in [0.25, 0.3) is 0 Å². The molecular formula is C20H27N5O. The summed E-state index contributed by atoms with van der Waals surface area (Å²) in [5.41, 5.74) is 2.66. The van der Waals surface area contributed by atoms with E-state index in [1.54, 1.807) is 12.4 Å². The van der Waals surface area contributed by atoms with Crippen molar-refractivity contribution in [2.45, 2.75) is 19.5 Å². The highest BCUT2D eigenvalue weighted by Crippen LogP contribution is 2.20. The number of nitrogens with zero attached hydrogens (tertiary/aromatic N) is 4. The lowest BCUT2D eigenvalue weighted by atomic mass is 10.0. The molecule has 0 bridgehead atoms. The van der Waals surface area contributed by atoms with Crippen molar-refractivity contribution in [3.8, 4) is 0 Å². The molecule has 2 aromatic rings. The molecule has 6 heteroatoms. The van der Waals surface area contributed by atoms with Crippen molar-refractivity contribution in [3.63, 3.8) is 0 Å². The standard InChI is InChI=1S/C20H27N5O/c1-15-7-9-21-10-18(15)20(26)23-19-14-25(12-16(19)11-24(2)3)13-17-6-4-5-8-22-17/h4-10,16,19H,11-14H2,1-3H3,(H,23,26)/t16-,19-/m1/s1. The van der Waals surface area contributed by atoms with Crippen molar-refractivity contribution in [2.75, 3.05) is 33.7 Å². The van der Waals surface area contributed by atoms with Crippen LogP contribution in [-0.4, -0.2) is 65.4 Å². The topological polar surface area (TPSA) is 61.4 Å². The summed E-state index contributed by atoms with van der Waals surface area (Å²) in [5, 5.41) is 3.24. The van der Waals surface area contributed by atoms with Crippen molar-refractivity contribution < 1.29 is 4.79 Å². The van der Waals surface area contributed by atoms with Gasteiger partial charge in [-0.1, -0.05) is 6.07 Å². The molecule has 26 heavy (non-hydrogen) atoms. The number of pyridine rings is 2. The molecule has 3 heterocycles. The van der Waals surface area contributed by atoms with Gasteiger partial charge in [0.25, 0.3) is 5.91 Å². The molecule has 2 atom stereocenters. The van der Waals surface area contributed by atoms with Crippen molar-refractivity contribution in [3.05, 3.63) is 59.7 Å². The number of aryl methyl sites for hydroxylation is 1. The number of likely N-dealkylation sites (tertiary alicyclic amines) is 1. The molecule has 1 aliphatic rings. The lowest BCUT2D eigenvalue weighted by Gasteiger charge is -2.23. The summed E-state index contributed by atoms with van der Waals surface area (Å²) in [4.78, 5) is 25.8. The summed E-state index contributed by atoms with van der Waals surface area (Å²) in [6.07, 6.45) is 5.19. The third-order valence-corrected chi connectivity index (χ3v) is 4.83. The molecule has 1 saturated heterocycles. The van der Waals surface area contributed by atoms with Gasteiger partial charge < -0.3 is 10.2 Å². The van der Waals surface area contributed by atoms with E-state index in [1.807, 2.05) is 37.4 Å². The van der Waals surface area contributed by atoms with Crippen molar-refractivity contribution in [2.24, 2.45) is 5.92 Å². The van der Waals surface area contributed by atoms with E-state index in [-0.39, 0.29) is 11.9 Å². The van der Waals surface area contributed by atoms with Crippen LogP contribution in [0, 0.1) is 12.8 Å².